The van der Waals surface area contributed by atoms with Crippen LogP contribution in [0.4, 0.5) is 0 Å². The lowest BCUT2D eigenvalue weighted by Crippen LogP contribution is -2.30. The van der Waals surface area contributed by atoms with Gasteiger partial charge in [-0.25, -0.2) is 0 Å². The maximum atomic E-state index is 9.32. The van der Waals surface area contributed by atoms with E-state index in [1.54, 1.807) is 6.07 Å². The number of benzene rings is 3. The second kappa shape index (κ2) is 6.25. The van der Waals surface area contributed by atoms with Crippen LogP contribution in [0.15, 0.2) is 72.8 Å². The van der Waals surface area contributed by atoms with Gasteiger partial charge in [0.1, 0.15) is 0 Å². The molecule has 0 saturated heterocycles. The number of rotatable bonds is 4. The second-order valence-corrected chi connectivity index (χ2v) is 6.11. The van der Waals surface area contributed by atoms with Crippen LogP contribution in [0.1, 0.15) is 22.7 Å². The highest BCUT2D eigenvalue weighted by molar-refractivity contribution is 6.58. The van der Waals surface area contributed by atoms with Crippen molar-refractivity contribution in [1.29, 1.82) is 0 Å². The second-order valence-electron chi connectivity index (χ2n) is 6.11. The molecule has 1 aliphatic rings. The molecule has 118 valence electrons. The Labute approximate surface area is 141 Å². The number of fused-ring (bicyclic) bond motifs is 3. The molecular weight excluding hydrogens is 297 g/mol. The molecular formula is C20H18BNO2. The minimum Gasteiger partial charge on any atom is -0.423 e. The maximum Gasteiger partial charge on any atom is 0.488 e. The van der Waals surface area contributed by atoms with Gasteiger partial charge in [-0.3, -0.25) is 0 Å². The first kappa shape index (κ1) is 15.2. The highest BCUT2D eigenvalue weighted by Gasteiger charge is 2.27. The topological polar surface area (TPSA) is 52.5 Å². The summed E-state index contributed by atoms with van der Waals surface area (Å²) in [6.07, 6.45) is 0. The van der Waals surface area contributed by atoms with E-state index >= 15 is 0 Å². The molecule has 0 unspecified atom stereocenters. The van der Waals surface area contributed by atoms with Crippen LogP contribution in [0.2, 0.25) is 0 Å². The summed E-state index contributed by atoms with van der Waals surface area (Å²) in [6, 6.07) is 24.5. The van der Waals surface area contributed by atoms with Crippen LogP contribution >= 0.6 is 0 Å². The van der Waals surface area contributed by atoms with Gasteiger partial charge in [-0.05, 0) is 33.3 Å². The van der Waals surface area contributed by atoms with Crippen molar-refractivity contribution >= 4 is 12.6 Å². The minimum atomic E-state index is -1.43. The summed E-state index contributed by atoms with van der Waals surface area (Å²) in [5, 5.41) is 22.3. The fourth-order valence-electron chi connectivity index (χ4n) is 3.46. The van der Waals surface area contributed by atoms with Gasteiger partial charge in [-0.15, -0.1) is 0 Å². The van der Waals surface area contributed by atoms with E-state index in [1.807, 2.05) is 18.2 Å². The molecule has 1 aliphatic carbocycles. The van der Waals surface area contributed by atoms with Crippen molar-refractivity contribution in [2.75, 3.05) is 0 Å². The largest absolute Gasteiger partial charge is 0.488 e. The third kappa shape index (κ3) is 2.65. The lowest BCUT2D eigenvalue weighted by molar-refractivity contribution is 0.425. The summed E-state index contributed by atoms with van der Waals surface area (Å²) >= 11 is 0. The van der Waals surface area contributed by atoms with Crippen molar-refractivity contribution in [3.63, 3.8) is 0 Å². The van der Waals surface area contributed by atoms with E-state index in [1.165, 1.54) is 22.3 Å². The highest BCUT2D eigenvalue weighted by Crippen LogP contribution is 2.43. The van der Waals surface area contributed by atoms with Crippen LogP contribution in [-0.2, 0) is 6.54 Å². The predicted molar refractivity (Wildman–Crippen MR) is 96.8 cm³/mol. The molecule has 0 bridgehead atoms. The van der Waals surface area contributed by atoms with Crippen LogP contribution in [0.5, 0.6) is 0 Å². The zero-order valence-corrected chi connectivity index (χ0v) is 13.2. The third-order valence-corrected chi connectivity index (χ3v) is 4.59. The van der Waals surface area contributed by atoms with Crippen LogP contribution in [0.25, 0.3) is 11.1 Å². The number of hydrogen-bond donors (Lipinski definition) is 3. The monoisotopic (exact) mass is 315 g/mol. The van der Waals surface area contributed by atoms with E-state index in [9.17, 15) is 10.0 Å². The lowest BCUT2D eigenvalue weighted by Gasteiger charge is -2.16. The van der Waals surface area contributed by atoms with Gasteiger partial charge in [-0.1, -0.05) is 72.8 Å². The summed E-state index contributed by atoms with van der Waals surface area (Å²) in [7, 11) is -1.43. The zero-order chi connectivity index (χ0) is 16.5. The molecule has 4 heteroatoms. The standard InChI is InChI=1S/C20H18BNO2/c23-21(24)15-7-5-6-14(12-15)13-22-20-18-10-3-1-8-16(18)17-9-2-4-11-19(17)20/h1-12,20,22-24H,13H2. The molecule has 3 aromatic rings. The average Bonchev–Trinajstić information content (AvgIpc) is 2.94. The summed E-state index contributed by atoms with van der Waals surface area (Å²) < 4.78 is 0. The van der Waals surface area contributed by atoms with Gasteiger partial charge >= 0.3 is 7.12 Å². The van der Waals surface area contributed by atoms with Crippen molar-refractivity contribution in [2.45, 2.75) is 12.6 Å². The van der Waals surface area contributed by atoms with Gasteiger partial charge in [0, 0.05) is 6.54 Å². The van der Waals surface area contributed by atoms with Gasteiger partial charge in [0.2, 0.25) is 0 Å². The van der Waals surface area contributed by atoms with E-state index in [2.05, 4.69) is 53.8 Å². The van der Waals surface area contributed by atoms with Gasteiger partial charge in [0.25, 0.3) is 0 Å². The first-order valence-electron chi connectivity index (χ1n) is 8.10. The van der Waals surface area contributed by atoms with Crippen molar-refractivity contribution < 1.29 is 10.0 Å². The van der Waals surface area contributed by atoms with Gasteiger partial charge in [0.05, 0.1) is 6.04 Å². The van der Waals surface area contributed by atoms with Crippen molar-refractivity contribution in [3.8, 4) is 11.1 Å². The molecule has 0 saturated carbocycles. The summed E-state index contributed by atoms with van der Waals surface area (Å²) in [4.78, 5) is 0. The molecule has 0 amide bonds. The molecule has 0 radical (unpaired) electrons. The predicted octanol–water partition coefficient (Wildman–Crippen LogP) is 2.23. The lowest BCUT2D eigenvalue weighted by atomic mass is 9.79. The van der Waals surface area contributed by atoms with Gasteiger partial charge in [-0.2, -0.15) is 0 Å². The molecule has 0 heterocycles. The molecule has 0 fully saturated rings. The van der Waals surface area contributed by atoms with E-state index in [0.29, 0.717) is 12.0 Å². The molecule has 3 nitrogen and oxygen atoms in total. The van der Waals surface area contributed by atoms with E-state index in [0.717, 1.165) is 5.56 Å². The first-order valence-corrected chi connectivity index (χ1v) is 8.10. The van der Waals surface area contributed by atoms with E-state index in [-0.39, 0.29) is 6.04 Å². The molecule has 0 aliphatic heterocycles. The summed E-state index contributed by atoms with van der Waals surface area (Å²) in [6.45, 7) is 0.661. The molecule has 24 heavy (non-hydrogen) atoms. The smallest absolute Gasteiger partial charge is 0.423 e. The number of hydrogen-bond acceptors (Lipinski definition) is 3. The molecule has 3 aromatic carbocycles. The minimum absolute atomic E-state index is 0.153. The van der Waals surface area contributed by atoms with Crippen LogP contribution < -0.4 is 10.8 Å². The SMILES string of the molecule is OB(O)c1cccc(CNC2c3ccccc3-c3ccccc32)c1. The normalized spacial score (nSPS) is 12.8. The Balaban J connectivity index is 1.62. The Morgan fingerprint density at radius 2 is 1.42 bits per heavy atom. The Kier molecular flexibility index (Phi) is 3.94. The summed E-state index contributed by atoms with van der Waals surface area (Å²) in [5.74, 6) is 0. The maximum absolute atomic E-state index is 9.32. The van der Waals surface area contributed by atoms with Crippen molar-refractivity contribution in [1.82, 2.24) is 5.32 Å². The van der Waals surface area contributed by atoms with Crippen molar-refractivity contribution in [3.05, 3.63) is 89.5 Å². The third-order valence-electron chi connectivity index (χ3n) is 4.59. The fraction of sp³-hybridized carbons (Fsp3) is 0.100. The fourth-order valence-corrected chi connectivity index (χ4v) is 3.46. The van der Waals surface area contributed by atoms with E-state index < -0.39 is 7.12 Å². The van der Waals surface area contributed by atoms with Crippen molar-refractivity contribution in [2.24, 2.45) is 0 Å². The van der Waals surface area contributed by atoms with Crippen LogP contribution in [-0.4, -0.2) is 17.2 Å². The quantitative estimate of drug-likeness (QED) is 0.647. The molecule has 4 rings (SSSR count). The molecule has 0 atom stereocenters. The van der Waals surface area contributed by atoms with Gasteiger partial charge < -0.3 is 15.4 Å². The molecule has 0 aromatic heterocycles. The molecule has 3 N–H and O–H groups in total. The Bertz CT molecular complexity index is 833. The summed E-state index contributed by atoms with van der Waals surface area (Å²) in [5.41, 5.74) is 6.69. The Hall–Kier alpha value is -2.40. The Morgan fingerprint density at radius 3 is 2.04 bits per heavy atom. The van der Waals surface area contributed by atoms with Crippen LogP contribution in [0, 0.1) is 0 Å². The first-order chi connectivity index (χ1) is 11.7. The number of nitrogens with one attached hydrogen (secondary N) is 1. The molecule has 0 spiro atoms. The highest BCUT2D eigenvalue weighted by atomic mass is 16.4. The van der Waals surface area contributed by atoms with Crippen LogP contribution in [0.3, 0.4) is 0 Å². The zero-order valence-electron chi connectivity index (χ0n) is 13.2. The van der Waals surface area contributed by atoms with Gasteiger partial charge in [0.15, 0.2) is 0 Å². The average molecular weight is 315 g/mol. The van der Waals surface area contributed by atoms with E-state index in [4.69, 9.17) is 0 Å². The Morgan fingerprint density at radius 1 is 0.792 bits per heavy atom.